The Labute approximate surface area is 233 Å². The maximum absolute atomic E-state index is 13.7. The van der Waals surface area contributed by atoms with Gasteiger partial charge in [-0.15, -0.1) is 0 Å². The number of rotatable bonds is 10. The summed E-state index contributed by atoms with van der Waals surface area (Å²) in [5.41, 5.74) is 2.10. The third-order valence-electron chi connectivity index (χ3n) is 7.06. The van der Waals surface area contributed by atoms with Crippen LogP contribution in [-0.4, -0.2) is 49.6 Å². The summed E-state index contributed by atoms with van der Waals surface area (Å²) in [6, 6.07) is 24.4. The summed E-state index contributed by atoms with van der Waals surface area (Å²) in [4.78, 5) is 28.4. The van der Waals surface area contributed by atoms with E-state index in [1.165, 1.54) is 7.11 Å². The van der Waals surface area contributed by atoms with Crippen molar-refractivity contribution >= 4 is 35.1 Å². The fraction of sp³-hybridized carbons (Fsp3) is 0.333. The van der Waals surface area contributed by atoms with Crippen molar-refractivity contribution in [3.63, 3.8) is 0 Å². The molecular weight excluding hydrogens is 523 g/mol. The Hall–Kier alpha value is -2.90. The molecule has 0 spiro atoms. The van der Waals surface area contributed by atoms with Crippen molar-refractivity contribution in [1.29, 1.82) is 0 Å². The number of methoxy groups -OCH3 is 1. The van der Waals surface area contributed by atoms with Crippen molar-refractivity contribution in [3.8, 4) is 0 Å². The highest BCUT2D eigenvalue weighted by Crippen LogP contribution is 2.37. The number of nitrogens with zero attached hydrogens (tertiary/aromatic N) is 1. The lowest BCUT2D eigenvalue weighted by Crippen LogP contribution is -2.54. The van der Waals surface area contributed by atoms with Gasteiger partial charge in [0.2, 0.25) is 5.91 Å². The predicted molar refractivity (Wildman–Crippen MR) is 149 cm³/mol. The maximum Gasteiger partial charge on any atom is 0.316 e. The Morgan fingerprint density at radius 2 is 1.58 bits per heavy atom. The molecule has 1 aliphatic rings. The lowest BCUT2D eigenvalue weighted by molar-refractivity contribution is -0.152. The number of halogens is 2. The predicted octanol–water partition coefficient (Wildman–Crippen LogP) is 5.40. The second-order valence-corrected chi connectivity index (χ2v) is 10.3. The molecule has 0 saturated carbocycles. The molecule has 6 nitrogen and oxygen atoms in total. The van der Waals surface area contributed by atoms with E-state index in [4.69, 9.17) is 32.7 Å². The van der Waals surface area contributed by atoms with Crippen LogP contribution < -0.4 is 5.32 Å². The second-order valence-electron chi connectivity index (χ2n) is 9.45. The van der Waals surface area contributed by atoms with Gasteiger partial charge in [0.1, 0.15) is 6.04 Å². The molecular formula is C30H32Cl2N2O4. The number of carbonyl (C=O) groups excluding carboxylic acids is 2. The molecule has 0 aromatic heterocycles. The molecule has 1 fully saturated rings. The zero-order valence-corrected chi connectivity index (χ0v) is 22.9. The average Bonchev–Trinajstić information content (AvgIpc) is 2.97. The van der Waals surface area contributed by atoms with Crippen molar-refractivity contribution in [1.82, 2.24) is 10.2 Å². The van der Waals surface area contributed by atoms with E-state index in [0.29, 0.717) is 49.1 Å². The van der Waals surface area contributed by atoms with Crippen LogP contribution in [0.15, 0.2) is 78.9 Å². The van der Waals surface area contributed by atoms with Gasteiger partial charge < -0.3 is 14.4 Å². The lowest BCUT2D eigenvalue weighted by Gasteiger charge is -2.41. The van der Waals surface area contributed by atoms with Gasteiger partial charge in [0.05, 0.1) is 35.8 Å². The zero-order valence-electron chi connectivity index (χ0n) is 21.4. The van der Waals surface area contributed by atoms with Crippen molar-refractivity contribution in [2.75, 3.05) is 26.8 Å². The normalized spacial score (nSPS) is 15.6. The van der Waals surface area contributed by atoms with Crippen LogP contribution in [0.5, 0.6) is 0 Å². The number of esters is 1. The quantitative estimate of drug-likeness (QED) is 0.340. The van der Waals surface area contributed by atoms with E-state index in [1.54, 1.807) is 12.1 Å². The SMILES string of the molecule is COC(=O)C1(c2ccccc2)CCN(C(=O)[C@H](COCc2ccc(Cl)c(Cl)c2)NCc2ccccc2)CC1. The number of likely N-dealkylation sites (tertiary alicyclic amines) is 1. The Morgan fingerprint density at radius 1 is 0.921 bits per heavy atom. The molecule has 0 radical (unpaired) electrons. The Kier molecular flexibility index (Phi) is 9.80. The Balaban J connectivity index is 1.44. The monoisotopic (exact) mass is 554 g/mol. The highest BCUT2D eigenvalue weighted by Gasteiger charge is 2.45. The van der Waals surface area contributed by atoms with Crippen LogP contribution in [0.1, 0.15) is 29.5 Å². The first kappa shape index (κ1) is 28.1. The summed E-state index contributed by atoms with van der Waals surface area (Å²) >= 11 is 12.1. The molecule has 200 valence electrons. The fourth-order valence-corrected chi connectivity index (χ4v) is 5.19. The van der Waals surface area contributed by atoms with Gasteiger partial charge in [-0.05, 0) is 41.7 Å². The van der Waals surface area contributed by atoms with Crippen LogP contribution >= 0.6 is 23.2 Å². The number of hydrogen-bond acceptors (Lipinski definition) is 5. The molecule has 0 bridgehead atoms. The Morgan fingerprint density at radius 3 is 2.21 bits per heavy atom. The van der Waals surface area contributed by atoms with Gasteiger partial charge in [-0.25, -0.2) is 0 Å². The molecule has 3 aromatic rings. The standard InChI is InChI=1S/C30H32Cl2N2O4/c1-37-29(36)30(24-10-6-3-7-11-24)14-16-34(17-15-30)28(35)27(33-19-22-8-4-2-5-9-22)21-38-20-23-12-13-25(31)26(32)18-23/h2-13,18,27,33H,14-17,19-21H2,1H3/t27-/m0/s1. The smallest absolute Gasteiger partial charge is 0.316 e. The molecule has 8 heteroatoms. The maximum atomic E-state index is 13.7. The molecule has 3 aromatic carbocycles. The summed E-state index contributed by atoms with van der Waals surface area (Å²) in [5.74, 6) is -0.318. The number of nitrogens with one attached hydrogen (secondary N) is 1. The highest BCUT2D eigenvalue weighted by atomic mass is 35.5. The summed E-state index contributed by atoms with van der Waals surface area (Å²) in [6.07, 6.45) is 0.982. The van der Waals surface area contributed by atoms with Gasteiger partial charge in [-0.3, -0.25) is 14.9 Å². The largest absolute Gasteiger partial charge is 0.468 e. The number of piperidine rings is 1. The van der Waals surface area contributed by atoms with Crippen LogP contribution in [0.2, 0.25) is 10.0 Å². The van der Waals surface area contributed by atoms with Crippen LogP contribution in [0.4, 0.5) is 0 Å². The number of carbonyl (C=O) groups is 2. The van der Waals surface area contributed by atoms with E-state index in [9.17, 15) is 9.59 Å². The fourth-order valence-electron chi connectivity index (χ4n) is 4.87. The van der Waals surface area contributed by atoms with Gasteiger partial charge in [0, 0.05) is 19.6 Å². The first-order valence-corrected chi connectivity index (χ1v) is 13.4. The number of ether oxygens (including phenoxy) is 2. The summed E-state index contributed by atoms with van der Waals surface area (Å²) < 4.78 is 11.2. The topological polar surface area (TPSA) is 67.9 Å². The molecule has 1 atom stereocenters. The summed E-state index contributed by atoms with van der Waals surface area (Å²) in [7, 11) is 1.42. The first-order valence-electron chi connectivity index (χ1n) is 12.6. The molecule has 4 rings (SSSR count). The van der Waals surface area contributed by atoms with Gasteiger partial charge in [-0.1, -0.05) is 89.9 Å². The van der Waals surface area contributed by atoms with Crippen molar-refractivity contribution < 1.29 is 19.1 Å². The minimum Gasteiger partial charge on any atom is -0.468 e. The summed E-state index contributed by atoms with van der Waals surface area (Å²) in [6.45, 7) is 1.89. The van der Waals surface area contributed by atoms with E-state index >= 15 is 0 Å². The lowest BCUT2D eigenvalue weighted by atomic mass is 9.72. The third kappa shape index (κ3) is 6.75. The number of hydrogen-bond donors (Lipinski definition) is 1. The molecule has 0 aliphatic carbocycles. The molecule has 1 aliphatic heterocycles. The first-order chi connectivity index (χ1) is 18.4. The average molecular weight is 556 g/mol. The third-order valence-corrected chi connectivity index (χ3v) is 7.80. The second kappa shape index (κ2) is 13.3. The van der Waals surface area contributed by atoms with Crippen LogP contribution in [0.3, 0.4) is 0 Å². The highest BCUT2D eigenvalue weighted by molar-refractivity contribution is 6.42. The van der Waals surface area contributed by atoms with E-state index < -0.39 is 11.5 Å². The van der Waals surface area contributed by atoms with E-state index in [2.05, 4.69) is 5.32 Å². The molecule has 1 saturated heterocycles. The minimum atomic E-state index is -0.760. The summed E-state index contributed by atoms with van der Waals surface area (Å²) in [5, 5.41) is 4.32. The van der Waals surface area contributed by atoms with Crippen molar-refractivity contribution in [3.05, 3.63) is 106 Å². The molecule has 38 heavy (non-hydrogen) atoms. The van der Waals surface area contributed by atoms with E-state index in [0.717, 1.165) is 16.7 Å². The molecule has 1 N–H and O–H groups in total. The van der Waals surface area contributed by atoms with Crippen molar-refractivity contribution in [2.45, 2.75) is 37.5 Å². The zero-order chi connectivity index (χ0) is 27.0. The van der Waals surface area contributed by atoms with E-state index in [-0.39, 0.29) is 18.5 Å². The van der Waals surface area contributed by atoms with Gasteiger partial charge in [0.25, 0.3) is 0 Å². The van der Waals surface area contributed by atoms with Gasteiger partial charge >= 0.3 is 5.97 Å². The molecule has 1 heterocycles. The minimum absolute atomic E-state index is 0.0541. The van der Waals surface area contributed by atoms with Gasteiger partial charge in [-0.2, -0.15) is 0 Å². The van der Waals surface area contributed by atoms with Crippen molar-refractivity contribution in [2.24, 2.45) is 0 Å². The molecule has 0 unspecified atom stereocenters. The van der Waals surface area contributed by atoms with Crippen LogP contribution in [0.25, 0.3) is 0 Å². The van der Waals surface area contributed by atoms with Crippen LogP contribution in [0, 0.1) is 0 Å². The number of amides is 1. The molecule has 1 amide bonds. The van der Waals surface area contributed by atoms with E-state index in [1.807, 2.05) is 71.6 Å². The number of benzene rings is 3. The van der Waals surface area contributed by atoms with Crippen LogP contribution in [-0.2, 0) is 37.6 Å². The Bertz CT molecular complexity index is 1220. The van der Waals surface area contributed by atoms with Gasteiger partial charge in [0.15, 0.2) is 0 Å².